The standard InChI is InChI=1S/C6H8N2O5/c1-3-4(8(11)12)6(2,5(9)10)7-13-3/h7H,1-2H3,(H,9,10). The highest BCUT2D eigenvalue weighted by Gasteiger charge is 2.53. The van der Waals surface area contributed by atoms with Crippen LogP contribution in [-0.2, 0) is 9.63 Å². The van der Waals surface area contributed by atoms with Crippen molar-refractivity contribution in [2.45, 2.75) is 19.4 Å². The number of nitrogens with zero attached hydrogens (tertiary/aromatic N) is 1. The van der Waals surface area contributed by atoms with Crippen LogP contribution in [0.5, 0.6) is 0 Å². The van der Waals surface area contributed by atoms with Crippen molar-refractivity contribution in [3.8, 4) is 0 Å². The van der Waals surface area contributed by atoms with Crippen LogP contribution in [0.1, 0.15) is 13.8 Å². The fourth-order valence-corrected chi connectivity index (χ4v) is 1.08. The Morgan fingerprint density at radius 3 is 2.62 bits per heavy atom. The lowest BCUT2D eigenvalue weighted by Gasteiger charge is -2.13. The molecule has 0 aromatic carbocycles. The van der Waals surface area contributed by atoms with E-state index in [1.165, 1.54) is 13.8 Å². The molecule has 0 aromatic heterocycles. The Balaban J connectivity index is 3.18. The Morgan fingerprint density at radius 1 is 1.77 bits per heavy atom. The first-order chi connectivity index (χ1) is 5.89. The molecule has 0 radical (unpaired) electrons. The molecule has 72 valence electrons. The molecule has 0 amide bonds. The van der Waals surface area contributed by atoms with Crippen molar-refractivity contribution in [1.82, 2.24) is 5.48 Å². The molecule has 0 fully saturated rings. The maximum atomic E-state index is 10.7. The van der Waals surface area contributed by atoms with Gasteiger partial charge in [-0.15, -0.1) is 5.48 Å². The van der Waals surface area contributed by atoms with Crippen LogP contribution in [0.2, 0.25) is 0 Å². The van der Waals surface area contributed by atoms with E-state index in [1.807, 2.05) is 0 Å². The zero-order valence-electron chi connectivity index (χ0n) is 7.03. The van der Waals surface area contributed by atoms with Crippen LogP contribution in [0.4, 0.5) is 0 Å². The molecule has 1 aliphatic rings. The molecule has 13 heavy (non-hydrogen) atoms. The number of hydrogen-bond acceptors (Lipinski definition) is 5. The number of nitro groups is 1. The second-order valence-corrected chi connectivity index (χ2v) is 2.80. The highest BCUT2D eigenvalue weighted by Crippen LogP contribution is 2.27. The van der Waals surface area contributed by atoms with Gasteiger partial charge in [-0.1, -0.05) is 0 Å². The molecule has 1 atom stereocenters. The molecule has 0 bridgehead atoms. The summed E-state index contributed by atoms with van der Waals surface area (Å²) in [7, 11) is 0. The van der Waals surface area contributed by atoms with Crippen LogP contribution in [0.15, 0.2) is 11.5 Å². The van der Waals surface area contributed by atoms with Gasteiger partial charge in [-0.05, 0) is 6.92 Å². The summed E-state index contributed by atoms with van der Waals surface area (Å²) in [6.07, 6.45) is 0. The van der Waals surface area contributed by atoms with Gasteiger partial charge in [0.15, 0.2) is 5.76 Å². The minimum Gasteiger partial charge on any atom is -0.479 e. The van der Waals surface area contributed by atoms with E-state index >= 15 is 0 Å². The van der Waals surface area contributed by atoms with Gasteiger partial charge in [0.2, 0.25) is 5.54 Å². The molecule has 1 unspecified atom stereocenters. The van der Waals surface area contributed by atoms with E-state index in [4.69, 9.17) is 5.11 Å². The minimum absolute atomic E-state index is 0.0325. The van der Waals surface area contributed by atoms with Crippen LogP contribution in [-0.4, -0.2) is 21.5 Å². The fraction of sp³-hybridized carbons (Fsp3) is 0.500. The summed E-state index contributed by atoms with van der Waals surface area (Å²) in [6, 6.07) is 0. The number of carbonyl (C=O) groups is 1. The quantitative estimate of drug-likeness (QED) is 0.462. The Bertz CT molecular complexity index is 310. The normalized spacial score (nSPS) is 27.2. The van der Waals surface area contributed by atoms with Crippen LogP contribution < -0.4 is 5.48 Å². The molecule has 1 aliphatic heterocycles. The van der Waals surface area contributed by atoms with E-state index in [0.717, 1.165) is 0 Å². The maximum Gasteiger partial charge on any atom is 0.338 e. The molecule has 7 nitrogen and oxygen atoms in total. The molecular weight excluding hydrogens is 180 g/mol. The van der Waals surface area contributed by atoms with Crippen molar-refractivity contribution in [3.63, 3.8) is 0 Å². The second-order valence-electron chi connectivity index (χ2n) is 2.80. The van der Waals surface area contributed by atoms with Crippen LogP contribution in [0.25, 0.3) is 0 Å². The molecule has 0 saturated heterocycles. The summed E-state index contributed by atoms with van der Waals surface area (Å²) in [5, 5.41) is 19.2. The fourth-order valence-electron chi connectivity index (χ4n) is 1.08. The number of carboxylic acids is 1. The predicted octanol–water partition coefficient (Wildman–Crippen LogP) is -0.127. The number of allylic oxidation sites excluding steroid dienone is 1. The third-order valence-electron chi connectivity index (χ3n) is 1.83. The third kappa shape index (κ3) is 1.22. The molecule has 0 aliphatic carbocycles. The molecule has 2 N–H and O–H groups in total. The van der Waals surface area contributed by atoms with Gasteiger partial charge < -0.3 is 9.94 Å². The SMILES string of the molecule is CC1=C([N+](=O)[O-])C(C)(C(=O)O)NO1. The summed E-state index contributed by atoms with van der Waals surface area (Å²) in [5.41, 5.74) is -0.144. The molecule has 0 saturated carbocycles. The first kappa shape index (κ1) is 9.46. The smallest absolute Gasteiger partial charge is 0.338 e. The lowest BCUT2D eigenvalue weighted by molar-refractivity contribution is -0.433. The average Bonchev–Trinajstić information content (AvgIpc) is 2.28. The lowest BCUT2D eigenvalue weighted by Crippen LogP contribution is -2.48. The van der Waals surface area contributed by atoms with E-state index in [9.17, 15) is 14.9 Å². The molecular formula is C6H8N2O5. The van der Waals surface area contributed by atoms with Crippen molar-refractivity contribution in [1.29, 1.82) is 0 Å². The van der Waals surface area contributed by atoms with Gasteiger partial charge in [-0.3, -0.25) is 10.1 Å². The summed E-state index contributed by atoms with van der Waals surface area (Å²) >= 11 is 0. The van der Waals surface area contributed by atoms with E-state index < -0.39 is 22.1 Å². The number of aliphatic carboxylic acids is 1. The number of carboxylic acid groups (broad SMARTS) is 1. The van der Waals surface area contributed by atoms with Gasteiger partial charge in [0.05, 0.1) is 4.92 Å². The molecule has 0 aromatic rings. The number of hydrogen-bond donors (Lipinski definition) is 2. The van der Waals surface area contributed by atoms with Crippen molar-refractivity contribution in [2.75, 3.05) is 0 Å². The Labute approximate surface area is 73.1 Å². The number of hydroxylamine groups is 1. The molecule has 1 rings (SSSR count). The van der Waals surface area contributed by atoms with Crippen molar-refractivity contribution in [3.05, 3.63) is 21.6 Å². The molecule has 0 spiro atoms. The lowest BCUT2D eigenvalue weighted by atomic mass is 10.00. The molecule has 1 heterocycles. The second kappa shape index (κ2) is 2.70. The highest BCUT2D eigenvalue weighted by atomic mass is 16.7. The van der Waals surface area contributed by atoms with Crippen molar-refractivity contribution in [2.24, 2.45) is 0 Å². The van der Waals surface area contributed by atoms with E-state index in [2.05, 4.69) is 10.3 Å². The zero-order chi connectivity index (χ0) is 10.2. The largest absolute Gasteiger partial charge is 0.479 e. The first-order valence-corrected chi connectivity index (χ1v) is 3.42. The Hall–Kier alpha value is -1.63. The number of rotatable bonds is 2. The summed E-state index contributed by atoms with van der Waals surface area (Å²) in [4.78, 5) is 25.0. The van der Waals surface area contributed by atoms with E-state index in [1.54, 1.807) is 0 Å². The monoisotopic (exact) mass is 188 g/mol. The topological polar surface area (TPSA) is 102 Å². The molecule has 7 heteroatoms. The predicted molar refractivity (Wildman–Crippen MR) is 40.0 cm³/mol. The Morgan fingerprint density at radius 2 is 2.31 bits per heavy atom. The van der Waals surface area contributed by atoms with Gasteiger partial charge in [0.1, 0.15) is 0 Å². The summed E-state index contributed by atoms with van der Waals surface area (Å²) < 4.78 is 0. The van der Waals surface area contributed by atoms with E-state index in [-0.39, 0.29) is 5.76 Å². The summed E-state index contributed by atoms with van der Waals surface area (Å²) in [5.74, 6) is -1.38. The van der Waals surface area contributed by atoms with Gasteiger partial charge in [-0.25, -0.2) is 4.79 Å². The maximum absolute atomic E-state index is 10.7. The highest BCUT2D eigenvalue weighted by molar-refractivity contribution is 5.82. The van der Waals surface area contributed by atoms with Crippen molar-refractivity contribution >= 4 is 5.97 Å². The Kier molecular flexibility index (Phi) is 1.96. The van der Waals surface area contributed by atoms with Gasteiger partial charge in [0, 0.05) is 6.92 Å². The van der Waals surface area contributed by atoms with Crippen LogP contribution in [0.3, 0.4) is 0 Å². The van der Waals surface area contributed by atoms with Crippen LogP contribution >= 0.6 is 0 Å². The average molecular weight is 188 g/mol. The third-order valence-corrected chi connectivity index (χ3v) is 1.83. The van der Waals surface area contributed by atoms with Gasteiger partial charge >= 0.3 is 11.7 Å². The minimum atomic E-state index is -1.77. The van der Waals surface area contributed by atoms with Gasteiger partial charge in [-0.2, -0.15) is 0 Å². The van der Waals surface area contributed by atoms with Gasteiger partial charge in [0.25, 0.3) is 0 Å². The first-order valence-electron chi connectivity index (χ1n) is 3.42. The summed E-state index contributed by atoms with van der Waals surface area (Å²) in [6.45, 7) is 2.50. The van der Waals surface area contributed by atoms with E-state index in [0.29, 0.717) is 0 Å². The van der Waals surface area contributed by atoms with Crippen LogP contribution in [0, 0.1) is 10.1 Å². The zero-order valence-corrected chi connectivity index (χ0v) is 7.03. The number of nitrogens with one attached hydrogen (secondary N) is 1. The van der Waals surface area contributed by atoms with Crippen molar-refractivity contribution < 1.29 is 19.7 Å².